The number of aromatic amines is 1. The summed E-state index contributed by atoms with van der Waals surface area (Å²) in [4.78, 5) is 10.2. The summed E-state index contributed by atoms with van der Waals surface area (Å²) >= 11 is 0. The van der Waals surface area contributed by atoms with E-state index < -0.39 is 0 Å². The third kappa shape index (κ3) is 3.75. The Morgan fingerprint density at radius 2 is 2.07 bits per heavy atom. The molecule has 0 bridgehead atoms. The Labute approximate surface area is 158 Å². The van der Waals surface area contributed by atoms with Gasteiger partial charge in [0.1, 0.15) is 6.61 Å². The van der Waals surface area contributed by atoms with Crippen LogP contribution in [0.25, 0.3) is 11.3 Å². The molecule has 0 aliphatic carbocycles. The van der Waals surface area contributed by atoms with E-state index in [1.807, 2.05) is 36.5 Å². The van der Waals surface area contributed by atoms with E-state index in [4.69, 9.17) is 14.2 Å². The Kier molecular flexibility index (Phi) is 4.98. The first-order chi connectivity index (χ1) is 13.3. The number of pyridine rings is 1. The maximum absolute atomic E-state index is 6.03. The Balaban J connectivity index is 1.69. The second-order valence-electron chi connectivity index (χ2n) is 6.49. The van der Waals surface area contributed by atoms with Crippen molar-refractivity contribution in [1.29, 1.82) is 0 Å². The standard InChI is InChI=1S/C21H23N3O3/c1-25-19-12-15(18-6-3-7-20(23-18)26-2)11-16-13-24(9-10-27-21(16)19)14-17-5-4-8-22-17/h3-8,11-12,22H,9-10,13-14H2,1-2H3. The lowest BCUT2D eigenvalue weighted by Crippen LogP contribution is -2.25. The van der Waals surface area contributed by atoms with E-state index in [1.54, 1.807) is 14.2 Å². The highest BCUT2D eigenvalue weighted by molar-refractivity contribution is 5.67. The Hall–Kier alpha value is -2.99. The van der Waals surface area contributed by atoms with E-state index in [1.165, 1.54) is 5.69 Å². The molecule has 140 valence electrons. The molecule has 0 atom stereocenters. The van der Waals surface area contributed by atoms with Crippen LogP contribution < -0.4 is 14.2 Å². The molecule has 2 aromatic heterocycles. The van der Waals surface area contributed by atoms with Crippen molar-refractivity contribution in [3.05, 3.63) is 59.9 Å². The summed E-state index contributed by atoms with van der Waals surface area (Å²) in [6.07, 6.45) is 1.95. The van der Waals surface area contributed by atoms with Crippen LogP contribution >= 0.6 is 0 Å². The molecule has 1 aromatic carbocycles. The molecule has 1 N–H and O–H groups in total. The number of aromatic nitrogens is 2. The van der Waals surface area contributed by atoms with Crippen LogP contribution in [0.1, 0.15) is 11.3 Å². The van der Waals surface area contributed by atoms with Crippen LogP contribution in [0.15, 0.2) is 48.7 Å². The van der Waals surface area contributed by atoms with Gasteiger partial charge in [-0.3, -0.25) is 4.90 Å². The molecule has 0 saturated heterocycles. The molecule has 0 amide bonds. The molecule has 27 heavy (non-hydrogen) atoms. The summed E-state index contributed by atoms with van der Waals surface area (Å²) < 4.78 is 16.9. The number of hydrogen-bond donors (Lipinski definition) is 1. The largest absolute Gasteiger partial charge is 0.493 e. The number of nitrogens with one attached hydrogen (secondary N) is 1. The van der Waals surface area contributed by atoms with E-state index in [9.17, 15) is 0 Å². The quantitative estimate of drug-likeness (QED) is 0.750. The maximum atomic E-state index is 6.03. The van der Waals surface area contributed by atoms with Crippen molar-refractivity contribution >= 4 is 0 Å². The van der Waals surface area contributed by atoms with E-state index in [0.29, 0.717) is 12.5 Å². The fourth-order valence-corrected chi connectivity index (χ4v) is 3.37. The molecule has 3 aromatic rings. The average molecular weight is 365 g/mol. The van der Waals surface area contributed by atoms with Crippen molar-refractivity contribution in [2.45, 2.75) is 13.1 Å². The zero-order chi connectivity index (χ0) is 18.6. The van der Waals surface area contributed by atoms with Crippen LogP contribution in [0, 0.1) is 0 Å². The zero-order valence-corrected chi connectivity index (χ0v) is 15.6. The molecular formula is C21H23N3O3. The summed E-state index contributed by atoms with van der Waals surface area (Å²) in [7, 11) is 3.29. The van der Waals surface area contributed by atoms with Crippen LogP contribution in [-0.2, 0) is 13.1 Å². The second-order valence-corrected chi connectivity index (χ2v) is 6.49. The molecular weight excluding hydrogens is 342 g/mol. The summed E-state index contributed by atoms with van der Waals surface area (Å²) in [5.74, 6) is 2.14. The third-order valence-corrected chi connectivity index (χ3v) is 4.68. The number of ether oxygens (including phenoxy) is 3. The topological polar surface area (TPSA) is 59.6 Å². The molecule has 4 rings (SSSR count). The minimum Gasteiger partial charge on any atom is -0.493 e. The zero-order valence-electron chi connectivity index (χ0n) is 15.6. The van der Waals surface area contributed by atoms with Crippen LogP contribution in [0.2, 0.25) is 0 Å². The van der Waals surface area contributed by atoms with Crippen molar-refractivity contribution in [3.63, 3.8) is 0 Å². The molecule has 0 spiro atoms. The lowest BCUT2D eigenvalue weighted by molar-refractivity contribution is 0.215. The molecule has 3 heterocycles. The predicted molar refractivity (Wildman–Crippen MR) is 103 cm³/mol. The minimum absolute atomic E-state index is 0.589. The number of nitrogens with zero attached hydrogens (tertiary/aromatic N) is 2. The van der Waals surface area contributed by atoms with Gasteiger partial charge >= 0.3 is 0 Å². The first kappa shape index (κ1) is 17.4. The highest BCUT2D eigenvalue weighted by Gasteiger charge is 2.21. The second kappa shape index (κ2) is 7.72. The Bertz CT molecular complexity index is 909. The molecule has 1 aliphatic rings. The Morgan fingerprint density at radius 1 is 1.15 bits per heavy atom. The van der Waals surface area contributed by atoms with Gasteiger partial charge < -0.3 is 19.2 Å². The lowest BCUT2D eigenvalue weighted by Gasteiger charge is -2.19. The normalized spacial score (nSPS) is 14.1. The minimum atomic E-state index is 0.589. The third-order valence-electron chi connectivity index (χ3n) is 4.68. The van der Waals surface area contributed by atoms with Gasteiger partial charge in [-0.25, -0.2) is 4.98 Å². The highest BCUT2D eigenvalue weighted by Crippen LogP contribution is 2.38. The van der Waals surface area contributed by atoms with Gasteiger partial charge in [-0.2, -0.15) is 0 Å². The van der Waals surface area contributed by atoms with Gasteiger partial charge in [0.2, 0.25) is 5.88 Å². The molecule has 1 aliphatic heterocycles. The van der Waals surface area contributed by atoms with Crippen LogP contribution in [0.3, 0.4) is 0 Å². The van der Waals surface area contributed by atoms with Crippen LogP contribution in [0.5, 0.6) is 17.4 Å². The van der Waals surface area contributed by atoms with Crippen molar-refractivity contribution in [2.75, 3.05) is 27.4 Å². The van der Waals surface area contributed by atoms with E-state index in [0.717, 1.165) is 48.0 Å². The Morgan fingerprint density at radius 3 is 2.85 bits per heavy atom. The molecule has 0 saturated carbocycles. The van der Waals surface area contributed by atoms with Gasteiger partial charge in [-0.1, -0.05) is 6.07 Å². The van der Waals surface area contributed by atoms with Gasteiger partial charge in [0.05, 0.1) is 19.9 Å². The van der Waals surface area contributed by atoms with Crippen molar-refractivity contribution in [3.8, 4) is 28.6 Å². The predicted octanol–water partition coefficient (Wildman–Crippen LogP) is 3.49. The molecule has 6 nitrogen and oxygen atoms in total. The summed E-state index contributed by atoms with van der Waals surface area (Å²) in [6.45, 7) is 3.10. The SMILES string of the molecule is COc1cccc(-c2cc3c(c(OC)c2)OCCN(Cc2ccc[nH]2)C3)n1. The number of methoxy groups -OCH3 is 2. The number of benzene rings is 1. The van der Waals surface area contributed by atoms with Gasteiger partial charge in [0, 0.05) is 48.7 Å². The van der Waals surface area contributed by atoms with E-state index in [-0.39, 0.29) is 0 Å². The smallest absolute Gasteiger partial charge is 0.213 e. The van der Waals surface area contributed by atoms with E-state index in [2.05, 4.69) is 27.0 Å². The average Bonchev–Trinajstić information content (AvgIpc) is 3.12. The van der Waals surface area contributed by atoms with Gasteiger partial charge in [0.15, 0.2) is 11.5 Å². The molecule has 0 unspecified atom stereocenters. The van der Waals surface area contributed by atoms with Crippen molar-refractivity contribution in [1.82, 2.24) is 14.9 Å². The summed E-state index contributed by atoms with van der Waals surface area (Å²) in [5, 5.41) is 0. The number of H-pyrrole nitrogens is 1. The molecule has 6 heteroatoms. The number of hydrogen-bond acceptors (Lipinski definition) is 5. The fraction of sp³-hybridized carbons (Fsp3) is 0.286. The molecule has 0 fully saturated rings. The van der Waals surface area contributed by atoms with Crippen molar-refractivity contribution in [2.24, 2.45) is 0 Å². The number of rotatable bonds is 5. The van der Waals surface area contributed by atoms with Gasteiger partial charge in [-0.05, 0) is 30.3 Å². The van der Waals surface area contributed by atoms with Gasteiger partial charge in [-0.15, -0.1) is 0 Å². The van der Waals surface area contributed by atoms with E-state index >= 15 is 0 Å². The van der Waals surface area contributed by atoms with Crippen molar-refractivity contribution < 1.29 is 14.2 Å². The first-order valence-electron chi connectivity index (χ1n) is 8.96. The number of fused-ring (bicyclic) bond motifs is 1. The summed E-state index contributed by atoms with van der Waals surface area (Å²) in [6, 6.07) is 14.0. The monoisotopic (exact) mass is 365 g/mol. The fourth-order valence-electron chi connectivity index (χ4n) is 3.37. The van der Waals surface area contributed by atoms with Crippen LogP contribution in [-0.4, -0.2) is 42.2 Å². The first-order valence-corrected chi connectivity index (χ1v) is 8.96. The van der Waals surface area contributed by atoms with Crippen LogP contribution in [0.4, 0.5) is 0 Å². The highest BCUT2D eigenvalue weighted by atomic mass is 16.5. The molecule has 0 radical (unpaired) electrons. The van der Waals surface area contributed by atoms with Gasteiger partial charge in [0.25, 0.3) is 0 Å². The lowest BCUT2D eigenvalue weighted by atomic mass is 10.0. The maximum Gasteiger partial charge on any atom is 0.213 e. The summed E-state index contributed by atoms with van der Waals surface area (Å²) in [5.41, 5.74) is 4.11.